The van der Waals surface area contributed by atoms with Crippen LogP contribution in [0.25, 0.3) is 0 Å². The summed E-state index contributed by atoms with van der Waals surface area (Å²) < 4.78 is 26.2. The summed E-state index contributed by atoms with van der Waals surface area (Å²) >= 11 is 0. The molecule has 0 N–H and O–H groups in total. The molecule has 0 radical (unpaired) electrons. The second kappa shape index (κ2) is 5.24. The van der Waals surface area contributed by atoms with Gasteiger partial charge in [-0.05, 0) is 54.5 Å². The highest BCUT2D eigenvalue weighted by Gasteiger charge is 2.37. The van der Waals surface area contributed by atoms with E-state index >= 15 is 0 Å². The molecule has 1 aliphatic heterocycles. The van der Waals surface area contributed by atoms with E-state index in [0.717, 1.165) is 28.7 Å². The Balaban J connectivity index is 2.40. The largest absolute Gasteiger partial charge is 0.218 e. The zero-order valence-corrected chi connectivity index (χ0v) is 14.4. The van der Waals surface area contributed by atoms with E-state index in [1.165, 1.54) is 0 Å². The van der Waals surface area contributed by atoms with E-state index in [4.69, 9.17) is 0 Å². The quantitative estimate of drug-likeness (QED) is 0.810. The molecule has 116 valence electrons. The Hall–Kier alpha value is -1.61. The minimum Gasteiger partial charge on any atom is -0.218 e. The first kappa shape index (κ1) is 15.3. The highest BCUT2D eigenvalue weighted by atomic mass is 32.2. The predicted octanol–water partition coefficient (Wildman–Crippen LogP) is 4.63. The first-order valence-corrected chi connectivity index (χ1v) is 9.26. The summed E-state index contributed by atoms with van der Waals surface area (Å²) in [6.45, 7) is 8.30. The topological polar surface area (TPSA) is 34.1 Å². The summed E-state index contributed by atoms with van der Waals surface area (Å²) in [5.41, 5.74) is 3.89. The van der Waals surface area contributed by atoms with Crippen molar-refractivity contribution in [2.24, 2.45) is 5.92 Å². The Morgan fingerprint density at radius 2 is 1.64 bits per heavy atom. The second-order valence-electron chi connectivity index (χ2n) is 6.67. The zero-order valence-electron chi connectivity index (χ0n) is 13.6. The number of hydrogen-bond acceptors (Lipinski definition) is 2. The lowest BCUT2D eigenvalue weighted by molar-refractivity contribution is 0.519. The summed E-state index contributed by atoms with van der Waals surface area (Å²) in [7, 11) is -3.42. The van der Waals surface area contributed by atoms with Gasteiger partial charge in [-0.2, -0.15) is 0 Å². The van der Waals surface area contributed by atoms with Gasteiger partial charge in [0, 0.05) is 5.92 Å². The van der Waals surface area contributed by atoms with Gasteiger partial charge in [0.25, 0.3) is 0 Å². The van der Waals surface area contributed by atoms with Crippen molar-refractivity contribution in [2.45, 2.75) is 49.8 Å². The Kier molecular flexibility index (Phi) is 3.64. The van der Waals surface area contributed by atoms with Gasteiger partial charge in [0.05, 0.1) is 9.79 Å². The van der Waals surface area contributed by atoms with Crippen molar-refractivity contribution in [1.29, 1.82) is 0 Å². The molecule has 1 aliphatic rings. The van der Waals surface area contributed by atoms with Crippen LogP contribution in [0.15, 0.2) is 46.2 Å². The maximum atomic E-state index is 13.1. The van der Waals surface area contributed by atoms with Crippen molar-refractivity contribution in [2.75, 3.05) is 0 Å². The van der Waals surface area contributed by atoms with Crippen molar-refractivity contribution < 1.29 is 8.42 Å². The Labute approximate surface area is 133 Å². The van der Waals surface area contributed by atoms with Crippen LogP contribution in [0.1, 0.15) is 48.4 Å². The second-order valence-corrected chi connectivity index (χ2v) is 8.52. The van der Waals surface area contributed by atoms with Gasteiger partial charge >= 0.3 is 0 Å². The molecule has 0 aromatic heterocycles. The molecule has 0 spiro atoms. The molecule has 1 heterocycles. The van der Waals surface area contributed by atoms with E-state index in [0.29, 0.717) is 15.7 Å². The third kappa shape index (κ3) is 2.19. The van der Waals surface area contributed by atoms with Crippen molar-refractivity contribution in [3.05, 3.63) is 58.7 Å². The van der Waals surface area contributed by atoms with Gasteiger partial charge in [-0.3, -0.25) is 0 Å². The van der Waals surface area contributed by atoms with Crippen LogP contribution in [0.4, 0.5) is 0 Å². The van der Waals surface area contributed by atoms with Crippen LogP contribution < -0.4 is 0 Å². The fraction of sp³-hybridized carbons (Fsp3) is 0.368. The minimum absolute atomic E-state index is 0.162. The van der Waals surface area contributed by atoms with Gasteiger partial charge in [0.15, 0.2) is 0 Å². The van der Waals surface area contributed by atoms with E-state index in [2.05, 4.69) is 13.8 Å². The maximum Gasteiger partial charge on any atom is 0.207 e. The van der Waals surface area contributed by atoms with Gasteiger partial charge in [-0.25, -0.2) is 8.42 Å². The lowest BCUT2D eigenvalue weighted by Crippen LogP contribution is -2.22. The van der Waals surface area contributed by atoms with Crippen LogP contribution in [0, 0.1) is 19.8 Å². The van der Waals surface area contributed by atoms with E-state index in [-0.39, 0.29) is 5.92 Å². The SMILES string of the molecule is Cc1ccc(C)c2c1C(CC(C)C)c1ccccc1S2(=O)=O. The zero-order chi connectivity index (χ0) is 16.1. The monoisotopic (exact) mass is 314 g/mol. The first-order valence-electron chi connectivity index (χ1n) is 7.78. The molecule has 22 heavy (non-hydrogen) atoms. The van der Waals surface area contributed by atoms with Crippen LogP contribution in [-0.2, 0) is 9.84 Å². The lowest BCUT2D eigenvalue weighted by atomic mass is 9.81. The molecular weight excluding hydrogens is 292 g/mol. The van der Waals surface area contributed by atoms with Gasteiger partial charge < -0.3 is 0 Å². The van der Waals surface area contributed by atoms with E-state index < -0.39 is 9.84 Å². The molecule has 2 aromatic carbocycles. The van der Waals surface area contributed by atoms with Crippen LogP contribution in [0.2, 0.25) is 0 Å². The third-order valence-corrected chi connectivity index (χ3v) is 6.55. The maximum absolute atomic E-state index is 13.1. The standard InChI is InChI=1S/C19H22O2S/c1-12(2)11-16-15-7-5-6-8-17(15)22(20,21)19-14(4)10-9-13(3)18(16)19/h5-10,12,16H,11H2,1-4H3. The molecule has 3 rings (SSSR count). The van der Waals surface area contributed by atoms with Crippen LogP contribution >= 0.6 is 0 Å². The van der Waals surface area contributed by atoms with E-state index in [9.17, 15) is 8.42 Å². The molecule has 2 aromatic rings. The molecule has 0 fully saturated rings. The van der Waals surface area contributed by atoms with Crippen LogP contribution in [-0.4, -0.2) is 8.42 Å². The van der Waals surface area contributed by atoms with Crippen LogP contribution in [0.5, 0.6) is 0 Å². The molecule has 2 nitrogen and oxygen atoms in total. The van der Waals surface area contributed by atoms with Crippen molar-refractivity contribution in [1.82, 2.24) is 0 Å². The fourth-order valence-electron chi connectivity index (χ4n) is 3.59. The van der Waals surface area contributed by atoms with E-state index in [1.807, 2.05) is 44.2 Å². The van der Waals surface area contributed by atoms with Crippen molar-refractivity contribution in [3.8, 4) is 0 Å². The first-order chi connectivity index (χ1) is 10.3. The smallest absolute Gasteiger partial charge is 0.207 e. The average Bonchev–Trinajstić information content (AvgIpc) is 2.46. The molecule has 1 unspecified atom stereocenters. The number of fused-ring (bicyclic) bond motifs is 2. The van der Waals surface area contributed by atoms with Crippen molar-refractivity contribution in [3.63, 3.8) is 0 Å². The predicted molar refractivity (Wildman–Crippen MR) is 89.1 cm³/mol. The molecule has 0 bridgehead atoms. The van der Waals surface area contributed by atoms with Gasteiger partial charge in [0.1, 0.15) is 0 Å². The molecule has 0 saturated heterocycles. The number of benzene rings is 2. The fourth-order valence-corrected chi connectivity index (χ4v) is 5.67. The minimum atomic E-state index is -3.42. The highest BCUT2D eigenvalue weighted by molar-refractivity contribution is 7.91. The summed E-state index contributed by atoms with van der Waals surface area (Å²) in [5.74, 6) is 0.668. The lowest BCUT2D eigenvalue weighted by Gasteiger charge is -2.31. The molecule has 0 saturated carbocycles. The number of hydrogen-bond donors (Lipinski definition) is 0. The van der Waals surface area contributed by atoms with E-state index in [1.54, 1.807) is 6.07 Å². The molecular formula is C19H22O2S. The average molecular weight is 314 g/mol. The third-order valence-electron chi connectivity index (χ3n) is 4.52. The Morgan fingerprint density at radius 3 is 2.32 bits per heavy atom. The van der Waals surface area contributed by atoms with Gasteiger partial charge in [0.2, 0.25) is 9.84 Å². The molecule has 1 atom stereocenters. The molecule has 0 aliphatic carbocycles. The summed E-state index contributed by atoms with van der Waals surface area (Å²) in [6, 6.07) is 11.5. The number of sulfone groups is 1. The van der Waals surface area contributed by atoms with Gasteiger partial charge in [-0.1, -0.05) is 44.2 Å². The highest BCUT2D eigenvalue weighted by Crippen LogP contribution is 2.46. The summed E-state index contributed by atoms with van der Waals surface area (Å²) in [4.78, 5) is 1.03. The van der Waals surface area contributed by atoms with Crippen LogP contribution in [0.3, 0.4) is 0 Å². The van der Waals surface area contributed by atoms with Crippen molar-refractivity contribution >= 4 is 9.84 Å². The van der Waals surface area contributed by atoms with Gasteiger partial charge in [-0.15, -0.1) is 0 Å². The number of rotatable bonds is 2. The molecule has 0 amide bonds. The summed E-state index contributed by atoms with van der Waals surface area (Å²) in [5, 5.41) is 0. The Morgan fingerprint density at radius 1 is 1.00 bits per heavy atom. The molecule has 3 heteroatoms. The summed E-state index contributed by atoms with van der Waals surface area (Å²) in [6.07, 6.45) is 0.962. The number of aryl methyl sites for hydroxylation is 2. The normalized spacial score (nSPS) is 18.9. The Bertz CT molecular complexity index is 833.